The van der Waals surface area contributed by atoms with Gasteiger partial charge < -0.3 is 15.5 Å². The van der Waals surface area contributed by atoms with Crippen molar-refractivity contribution in [3.8, 4) is 11.3 Å². The molecule has 4 aromatic rings. The molecule has 152 valence electrons. The molecule has 0 saturated carbocycles. The van der Waals surface area contributed by atoms with Gasteiger partial charge in [0.05, 0.1) is 0 Å². The minimum absolute atomic E-state index is 0.145. The Bertz CT molecular complexity index is 1220. The van der Waals surface area contributed by atoms with Crippen LogP contribution in [0.15, 0.2) is 48.9 Å². The normalized spacial score (nSPS) is 14.4. The fourth-order valence-electron chi connectivity index (χ4n) is 3.76. The lowest BCUT2D eigenvalue weighted by atomic mass is 9.87. The number of hydrogen-bond donors (Lipinski definition) is 2. The van der Waals surface area contributed by atoms with Crippen LogP contribution < -0.4 is 15.5 Å². The van der Waals surface area contributed by atoms with Gasteiger partial charge in [-0.15, -0.1) is 5.10 Å². The molecule has 0 fully saturated rings. The largest absolute Gasteiger partial charge is 0.384 e. The maximum absolute atomic E-state index is 4.68. The smallest absolute Gasteiger partial charge is 0.247 e. The molecule has 0 bridgehead atoms. The highest BCUT2D eigenvalue weighted by atomic mass is 15.4. The highest BCUT2D eigenvalue weighted by Gasteiger charge is 2.29. The zero-order valence-corrected chi connectivity index (χ0v) is 17.5. The van der Waals surface area contributed by atoms with E-state index in [4.69, 9.17) is 0 Å². The first-order valence-corrected chi connectivity index (χ1v) is 9.91. The van der Waals surface area contributed by atoms with Crippen LogP contribution in [0.5, 0.6) is 0 Å². The van der Waals surface area contributed by atoms with Crippen LogP contribution in [0.25, 0.3) is 16.9 Å². The second-order valence-electron chi connectivity index (χ2n) is 8.40. The number of nitrogens with zero attached hydrogens (tertiary/aromatic N) is 6. The fraction of sp³-hybridized carbons (Fsp3) is 0.273. The summed E-state index contributed by atoms with van der Waals surface area (Å²) in [4.78, 5) is 15.7. The van der Waals surface area contributed by atoms with E-state index >= 15 is 0 Å². The van der Waals surface area contributed by atoms with Crippen LogP contribution in [0.2, 0.25) is 0 Å². The van der Waals surface area contributed by atoms with Crippen molar-refractivity contribution < 1.29 is 0 Å². The molecule has 3 aromatic heterocycles. The average Bonchev–Trinajstić information content (AvgIpc) is 3.27. The van der Waals surface area contributed by atoms with Crippen LogP contribution >= 0.6 is 0 Å². The molecule has 1 aliphatic rings. The van der Waals surface area contributed by atoms with Crippen molar-refractivity contribution in [2.75, 3.05) is 36.2 Å². The third-order valence-corrected chi connectivity index (χ3v) is 5.46. The zero-order chi connectivity index (χ0) is 20.9. The van der Waals surface area contributed by atoms with Gasteiger partial charge in [-0.1, -0.05) is 19.9 Å². The van der Waals surface area contributed by atoms with E-state index in [1.807, 2.05) is 37.3 Å². The molecule has 30 heavy (non-hydrogen) atoms. The zero-order valence-electron chi connectivity index (χ0n) is 17.5. The number of nitrogens with one attached hydrogen (secondary N) is 2. The van der Waals surface area contributed by atoms with E-state index in [0.717, 1.165) is 35.0 Å². The second kappa shape index (κ2) is 6.69. The van der Waals surface area contributed by atoms with Crippen molar-refractivity contribution in [2.45, 2.75) is 19.3 Å². The number of aromatic nitrogens is 5. The van der Waals surface area contributed by atoms with Gasteiger partial charge in [0.1, 0.15) is 11.5 Å². The van der Waals surface area contributed by atoms with Gasteiger partial charge in [-0.25, -0.2) is 9.50 Å². The van der Waals surface area contributed by atoms with Gasteiger partial charge in [0.25, 0.3) is 0 Å². The quantitative estimate of drug-likeness (QED) is 0.540. The molecular weight excluding hydrogens is 376 g/mol. The van der Waals surface area contributed by atoms with E-state index in [0.29, 0.717) is 11.6 Å². The van der Waals surface area contributed by atoms with Crippen LogP contribution in [0, 0.1) is 0 Å². The van der Waals surface area contributed by atoms with Gasteiger partial charge in [-0.05, 0) is 29.8 Å². The molecule has 0 unspecified atom stereocenters. The Morgan fingerprint density at radius 1 is 1.13 bits per heavy atom. The summed E-state index contributed by atoms with van der Waals surface area (Å²) in [5, 5.41) is 11.4. The highest BCUT2D eigenvalue weighted by Crippen LogP contribution is 2.38. The van der Waals surface area contributed by atoms with Crippen molar-refractivity contribution in [1.82, 2.24) is 24.6 Å². The summed E-state index contributed by atoms with van der Waals surface area (Å²) in [6.45, 7) is 5.43. The molecule has 4 heterocycles. The third kappa shape index (κ3) is 3.10. The van der Waals surface area contributed by atoms with Gasteiger partial charge >= 0.3 is 0 Å². The van der Waals surface area contributed by atoms with Gasteiger partial charge in [0.2, 0.25) is 5.95 Å². The number of benzene rings is 1. The van der Waals surface area contributed by atoms with Crippen LogP contribution in [0.1, 0.15) is 19.4 Å². The van der Waals surface area contributed by atoms with Crippen molar-refractivity contribution >= 4 is 28.8 Å². The minimum Gasteiger partial charge on any atom is -0.384 e. The summed E-state index contributed by atoms with van der Waals surface area (Å²) in [6, 6.07) is 10.3. The topological polar surface area (TPSA) is 83.3 Å². The molecule has 8 nitrogen and oxygen atoms in total. The van der Waals surface area contributed by atoms with Crippen LogP contribution in [-0.4, -0.2) is 45.2 Å². The Balaban J connectivity index is 1.47. The molecule has 8 heteroatoms. The summed E-state index contributed by atoms with van der Waals surface area (Å²) >= 11 is 0. The number of pyridine rings is 1. The Morgan fingerprint density at radius 2 is 2.00 bits per heavy atom. The van der Waals surface area contributed by atoms with E-state index in [2.05, 4.69) is 62.7 Å². The minimum atomic E-state index is 0.145. The van der Waals surface area contributed by atoms with E-state index in [-0.39, 0.29) is 5.41 Å². The Morgan fingerprint density at radius 3 is 2.77 bits per heavy atom. The van der Waals surface area contributed by atoms with Gasteiger partial charge in [0, 0.05) is 61.6 Å². The van der Waals surface area contributed by atoms with E-state index in [1.54, 1.807) is 16.9 Å². The van der Waals surface area contributed by atoms with E-state index in [9.17, 15) is 0 Å². The molecule has 0 spiro atoms. The predicted molar refractivity (Wildman–Crippen MR) is 120 cm³/mol. The van der Waals surface area contributed by atoms with Crippen molar-refractivity contribution in [3.63, 3.8) is 0 Å². The summed E-state index contributed by atoms with van der Waals surface area (Å²) < 4.78 is 1.74. The first-order chi connectivity index (χ1) is 14.4. The Hall–Kier alpha value is -3.68. The highest BCUT2D eigenvalue weighted by molar-refractivity contribution is 5.75. The molecule has 0 amide bonds. The lowest BCUT2D eigenvalue weighted by molar-refractivity contribution is 0.586. The first kappa shape index (κ1) is 18.4. The van der Waals surface area contributed by atoms with Gasteiger partial charge in [0.15, 0.2) is 5.65 Å². The van der Waals surface area contributed by atoms with E-state index in [1.165, 1.54) is 5.56 Å². The first-order valence-electron chi connectivity index (χ1n) is 9.91. The lowest BCUT2D eigenvalue weighted by Crippen LogP contribution is -2.18. The maximum Gasteiger partial charge on any atom is 0.247 e. The summed E-state index contributed by atoms with van der Waals surface area (Å²) in [7, 11) is 3.93. The number of fused-ring (bicyclic) bond motifs is 2. The molecule has 2 N–H and O–H groups in total. The molecule has 5 rings (SSSR count). The summed E-state index contributed by atoms with van der Waals surface area (Å²) in [6.07, 6.45) is 5.33. The summed E-state index contributed by atoms with van der Waals surface area (Å²) in [5.74, 6) is 1.42. The SMILES string of the molecule is CN(C)c1ccc(-c2nccn3nc(Nc4ccc5c(c4)NCC5(C)C)nc23)cn1. The standard InChI is InChI=1S/C22H24N8/c1-22(2)13-25-17-11-15(6-7-16(17)22)26-21-27-20-19(23-9-10-30(20)28-21)14-5-8-18(24-12-14)29(3)4/h5-12,25H,13H2,1-4H3,(H,26,28). The monoisotopic (exact) mass is 400 g/mol. The fourth-order valence-corrected chi connectivity index (χ4v) is 3.76. The predicted octanol–water partition coefficient (Wildman–Crippen LogP) is 3.70. The molecule has 1 aliphatic heterocycles. The van der Waals surface area contributed by atoms with Crippen LogP contribution in [0.4, 0.5) is 23.1 Å². The Labute approximate surface area is 175 Å². The molecule has 0 atom stereocenters. The Kier molecular flexibility index (Phi) is 4.09. The molecule has 0 radical (unpaired) electrons. The van der Waals surface area contributed by atoms with Crippen LogP contribution in [-0.2, 0) is 5.41 Å². The van der Waals surface area contributed by atoms with Crippen LogP contribution in [0.3, 0.4) is 0 Å². The average molecular weight is 400 g/mol. The van der Waals surface area contributed by atoms with Crippen molar-refractivity contribution in [3.05, 3.63) is 54.5 Å². The summed E-state index contributed by atoms with van der Waals surface area (Å²) in [5.41, 5.74) is 5.90. The van der Waals surface area contributed by atoms with E-state index < -0.39 is 0 Å². The van der Waals surface area contributed by atoms with Crippen molar-refractivity contribution in [2.24, 2.45) is 0 Å². The second-order valence-corrected chi connectivity index (χ2v) is 8.40. The lowest BCUT2D eigenvalue weighted by Gasteiger charge is -2.16. The van der Waals surface area contributed by atoms with Gasteiger partial charge in [-0.3, -0.25) is 4.98 Å². The molecule has 0 saturated heterocycles. The number of rotatable bonds is 4. The molecule has 0 aliphatic carbocycles. The molecule has 1 aromatic carbocycles. The third-order valence-electron chi connectivity index (χ3n) is 5.46. The maximum atomic E-state index is 4.68. The molecular formula is C22H24N8. The number of anilines is 4. The van der Waals surface area contributed by atoms with Gasteiger partial charge in [-0.2, -0.15) is 4.98 Å². The van der Waals surface area contributed by atoms with Crippen molar-refractivity contribution in [1.29, 1.82) is 0 Å². The number of hydrogen-bond acceptors (Lipinski definition) is 7.